The van der Waals surface area contributed by atoms with E-state index in [0.717, 1.165) is 6.26 Å². The third-order valence-electron chi connectivity index (χ3n) is 3.62. The second-order valence-corrected chi connectivity index (χ2v) is 8.47. The molecule has 138 valence electrons. The van der Waals surface area contributed by atoms with Crippen molar-refractivity contribution >= 4 is 37.9 Å². The molecular weight excluding hydrogens is 390 g/mol. The number of rotatable bonds is 5. The van der Waals surface area contributed by atoms with E-state index in [2.05, 4.69) is 10.3 Å². The van der Waals surface area contributed by atoms with Crippen LogP contribution < -0.4 is 5.32 Å². The quantitative estimate of drug-likeness (QED) is 0.515. The minimum Gasteiger partial charge on any atom is -0.298 e. The van der Waals surface area contributed by atoms with Gasteiger partial charge in [0.1, 0.15) is 0 Å². The molecule has 0 spiro atoms. The number of carbonyl (C=O) groups is 1. The number of thiazole rings is 1. The van der Waals surface area contributed by atoms with Crippen molar-refractivity contribution in [1.82, 2.24) is 4.98 Å². The highest BCUT2D eigenvalue weighted by molar-refractivity contribution is 7.90. The van der Waals surface area contributed by atoms with Crippen molar-refractivity contribution in [3.63, 3.8) is 0 Å². The lowest BCUT2D eigenvalue weighted by Crippen LogP contribution is -2.11. The summed E-state index contributed by atoms with van der Waals surface area (Å²) in [6, 6.07) is 11.7. The van der Waals surface area contributed by atoms with E-state index in [1.807, 2.05) is 0 Å². The van der Waals surface area contributed by atoms with Crippen LogP contribution in [0.25, 0.3) is 11.3 Å². The van der Waals surface area contributed by atoms with Crippen LogP contribution in [0.2, 0.25) is 0 Å². The van der Waals surface area contributed by atoms with Crippen LogP contribution in [0.15, 0.2) is 58.8 Å². The maximum atomic E-state index is 12.3. The van der Waals surface area contributed by atoms with Crippen molar-refractivity contribution in [2.45, 2.75) is 4.90 Å². The Hall–Kier alpha value is -3.11. The van der Waals surface area contributed by atoms with E-state index in [-0.39, 0.29) is 16.1 Å². The molecular formula is C17H13N3O5S2. The van der Waals surface area contributed by atoms with Gasteiger partial charge in [-0.2, -0.15) is 0 Å². The number of nitro benzene ring substituents is 1. The van der Waals surface area contributed by atoms with Gasteiger partial charge in [0.25, 0.3) is 11.6 Å². The van der Waals surface area contributed by atoms with Gasteiger partial charge < -0.3 is 0 Å². The molecule has 0 saturated heterocycles. The van der Waals surface area contributed by atoms with Crippen molar-refractivity contribution in [3.05, 3.63) is 69.6 Å². The van der Waals surface area contributed by atoms with Gasteiger partial charge in [-0.15, -0.1) is 11.3 Å². The molecule has 0 aliphatic heterocycles. The predicted octanol–water partition coefficient (Wildman–Crippen LogP) is 3.37. The number of nitro groups is 1. The van der Waals surface area contributed by atoms with Crippen LogP contribution in [0.5, 0.6) is 0 Å². The van der Waals surface area contributed by atoms with Gasteiger partial charge in [-0.1, -0.05) is 18.2 Å². The number of non-ortho nitro benzene ring substituents is 1. The predicted molar refractivity (Wildman–Crippen MR) is 102 cm³/mol. The minimum absolute atomic E-state index is 0.151. The van der Waals surface area contributed by atoms with Gasteiger partial charge in [-0.05, 0) is 18.2 Å². The van der Waals surface area contributed by atoms with E-state index >= 15 is 0 Å². The van der Waals surface area contributed by atoms with Gasteiger partial charge in [0.2, 0.25) is 0 Å². The van der Waals surface area contributed by atoms with Crippen molar-refractivity contribution in [3.8, 4) is 11.3 Å². The third-order valence-corrected chi connectivity index (χ3v) is 5.51. The fourth-order valence-corrected chi connectivity index (χ4v) is 3.61. The smallest absolute Gasteiger partial charge is 0.270 e. The van der Waals surface area contributed by atoms with Crippen molar-refractivity contribution in [2.24, 2.45) is 0 Å². The van der Waals surface area contributed by atoms with Crippen LogP contribution in [-0.2, 0) is 9.84 Å². The topological polar surface area (TPSA) is 119 Å². The van der Waals surface area contributed by atoms with Crippen LogP contribution in [0.3, 0.4) is 0 Å². The summed E-state index contributed by atoms with van der Waals surface area (Å²) >= 11 is 1.19. The van der Waals surface area contributed by atoms with Gasteiger partial charge in [0, 0.05) is 34.9 Å². The SMILES string of the molecule is CS(=O)(=O)c1ccc(-c2csc(NC(=O)c3cccc([N+](=O)[O-])c3)n2)cc1. The van der Waals surface area contributed by atoms with Crippen LogP contribution in [0, 0.1) is 10.1 Å². The van der Waals surface area contributed by atoms with E-state index in [1.54, 1.807) is 17.5 Å². The lowest BCUT2D eigenvalue weighted by Gasteiger charge is -2.02. The molecule has 0 unspecified atom stereocenters. The molecule has 0 fully saturated rings. The number of anilines is 1. The number of sulfone groups is 1. The normalized spacial score (nSPS) is 11.1. The Morgan fingerprint density at radius 3 is 2.52 bits per heavy atom. The Balaban J connectivity index is 1.77. The summed E-state index contributed by atoms with van der Waals surface area (Å²) in [6.45, 7) is 0. The molecule has 1 N–H and O–H groups in total. The van der Waals surface area contributed by atoms with Gasteiger partial charge in [0.15, 0.2) is 15.0 Å². The summed E-state index contributed by atoms with van der Waals surface area (Å²) in [5.41, 5.74) is 1.26. The number of amides is 1. The first-order valence-corrected chi connectivity index (χ1v) is 10.3. The summed E-state index contributed by atoms with van der Waals surface area (Å²) in [6.07, 6.45) is 1.13. The molecule has 1 aromatic heterocycles. The molecule has 0 radical (unpaired) electrons. The van der Waals surface area contributed by atoms with E-state index < -0.39 is 20.7 Å². The van der Waals surface area contributed by atoms with E-state index in [1.165, 1.54) is 47.7 Å². The summed E-state index contributed by atoms with van der Waals surface area (Å²) in [4.78, 5) is 27.0. The summed E-state index contributed by atoms with van der Waals surface area (Å²) in [7, 11) is -3.28. The molecule has 2 aromatic carbocycles. The second-order valence-electron chi connectivity index (χ2n) is 5.60. The monoisotopic (exact) mass is 403 g/mol. The molecule has 3 aromatic rings. The maximum Gasteiger partial charge on any atom is 0.270 e. The molecule has 8 nitrogen and oxygen atoms in total. The number of benzene rings is 2. The van der Waals surface area contributed by atoms with E-state index in [4.69, 9.17) is 0 Å². The van der Waals surface area contributed by atoms with Crippen LogP contribution in [0.1, 0.15) is 10.4 Å². The highest BCUT2D eigenvalue weighted by Crippen LogP contribution is 2.26. The first kappa shape index (κ1) is 18.7. The molecule has 27 heavy (non-hydrogen) atoms. The number of nitrogens with one attached hydrogen (secondary N) is 1. The van der Waals surface area contributed by atoms with Crippen LogP contribution in [-0.4, -0.2) is 30.5 Å². The van der Waals surface area contributed by atoms with Gasteiger partial charge in [-0.3, -0.25) is 20.2 Å². The van der Waals surface area contributed by atoms with Crippen LogP contribution in [0.4, 0.5) is 10.8 Å². The molecule has 0 aliphatic carbocycles. The lowest BCUT2D eigenvalue weighted by atomic mass is 10.2. The molecule has 0 saturated carbocycles. The largest absolute Gasteiger partial charge is 0.298 e. The Morgan fingerprint density at radius 2 is 1.89 bits per heavy atom. The second kappa shape index (κ2) is 7.25. The third kappa shape index (κ3) is 4.36. The van der Waals surface area contributed by atoms with Gasteiger partial charge in [-0.25, -0.2) is 13.4 Å². The first-order chi connectivity index (χ1) is 12.7. The number of hydrogen-bond acceptors (Lipinski definition) is 7. The zero-order valence-corrected chi connectivity index (χ0v) is 15.6. The fourth-order valence-electron chi connectivity index (χ4n) is 2.27. The lowest BCUT2D eigenvalue weighted by molar-refractivity contribution is -0.384. The minimum atomic E-state index is -3.28. The highest BCUT2D eigenvalue weighted by atomic mass is 32.2. The number of hydrogen-bond donors (Lipinski definition) is 1. The molecule has 1 amide bonds. The standard InChI is InChI=1S/C17H13N3O5S2/c1-27(24,25)14-7-5-11(6-8-14)15-10-26-17(18-15)19-16(21)12-3-2-4-13(9-12)20(22)23/h2-10H,1H3,(H,18,19,21). The maximum absolute atomic E-state index is 12.3. The number of aromatic nitrogens is 1. The summed E-state index contributed by atoms with van der Waals surface area (Å²) < 4.78 is 23.0. The number of nitrogens with zero attached hydrogens (tertiary/aromatic N) is 2. The first-order valence-electron chi connectivity index (χ1n) is 7.56. The highest BCUT2D eigenvalue weighted by Gasteiger charge is 2.14. The van der Waals surface area contributed by atoms with Gasteiger partial charge in [0.05, 0.1) is 15.5 Å². The average Bonchev–Trinajstić information content (AvgIpc) is 3.09. The average molecular weight is 403 g/mol. The van der Waals surface area contributed by atoms with Crippen molar-refractivity contribution in [1.29, 1.82) is 0 Å². The van der Waals surface area contributed by atoms with Gasteiger partial charge >= 0.3 is 0 Å². The molecule has 0 aliphatic rings. The molecule has 1 heterocycles. The molecule has 10 heteroatoms. The summed E-state index contributed by atoms with van der Waals surface area (Å²) in [5, 5.41) is 15.5. The Labute approximate surface area is 158 Å². The van der Waals surface area contributed by atoms with E-state index in [0.29, 0.717) is 16.4 Å². The van der Waals surface area contributed by atoms with Crippen molar-refractivity contribution < 1.29 is 18.1 Å². The summed E-state index contributed by atoms with van der Waals surface area (Å²) in [5.74, 6) is -0.507. The zero-order valence-electron chi connectivity index (χ0n) is 13.9. The number of carbonyl (C=O) groups excluding carboxylic acids is 1. The Bertz CT molecular complexity index is 1120. The fraction of sp³-hybridized carbons (Fsp3) is 0.0588. The van der Waals surface area contributed by atoms with Crippen molar-refractivity contribution in [2.75, 3.05) is 11.6 Å². The zero-order chi connectivity index (χ0) is 19.6. The Morgan fingerprint density at radius 1 is 1.19 bits per heavy atom. The molecule has 0 atom stereocenters. The molecule has 3 rings (SSSR count). The van der Waals surface area contributed by atoms with Crippen LogP contribution >= 0.6 is 11.3 Å². The Kier molecular flexibility index (Phi) is 5.02. The molecule has 0 bridgehead atoms. The van der Waals surface area contributed by atoms with E-state index in [9.17, 15) is 23.3 Å².